The maximum atomic E-state index is 8.96. The summed E-state index contributed by atoms with van der Waals surface area (Å²) in [6.45, 7) is 6.07. The average Bonchev–Trinajstić information content (AvgIpc) is 2.99. The minimum Gasteiger partial charge on any atom is -0.395 e. The van der Waals surface area contributed by atoms with Crippen LogP contribution in [0.5, 0.6) is 0 Å². The maximum absolute atomic E-state index is 8.96. The molecule has 0 aromatic rings. The van der Waals surface area contributed by atoms with Crippen molar-refractivity contribution in [3.63, 3.8) is 0 Å². The van der Waals surface area contributed by atoms with E-state index in [0.717, 1.165) is 25.9 Å². The molecule has 0 spiro atoms. The Hall–Kier alpha value is -0.610. The van der Waals surface area contributed by atoms with Crippen LogP contribution in [-0.2, 0) is 0 Å². The van der Waals surface area contributed by atoms with Crippen molar-refractivity contribution < 1.29 is 5.11 Å². The van der Waals surface area contributed by atoms with Crippen LogP contribution in [0, 0.1) is 10.8 Å². The molecule has 1 fully saturated rings. The van der Waals surface area contributed by atoms with Gasteiger partial charge in [0.1, 0.15) is 0 Å². The fraction of sp³-hybridized carbons (Fsp3) is 0.917. The molecule has 0 aromatic heterocycles. The van der Waals surface area contributed by atoms with Crippen molar-refractivity contribution in [3.05, 3.63) is 0 Å². The van der Waals surface area contributed by atoms with E-state index >= 15 is 0 Å². The first-order valence-electron chi connectivity index (χ1n) is 6.17. The molecule has 16 heavy (non-hydrogen) atoms. The van der Waals surface area contributed by atoms with E-state index in [9.17, 15) is 0 Å². The Morgan fingerprint density at radius 2 is 2.06 bits per heavy atom. The van der Waals surface area contributed by atoms with Gasteiger partial charge in [-0.1, -0.05) is 13.8 Å². The van der Waals surface area contributed by atoms with Gasteiger partial charge in [-0.2, -0.15) is 0 Å². The Morgan fingerprint density at radius 1 is 1.44 bits per heavy atom. The second-order valence-electron chi connectivity index (χ2n) is 5.39. The number of nitrogens with zero attached hydrogens (tertiary/aromatic N) is 1. The molecule has 1 aliphatic carbocycles. The predicted octanol–water partition coefficient (Wildman–Crippen LogP) is 1.19. The van der Waals surface area contributed by atoms with Crippen molar-refractivity contribution in [1.82, 2.24) is 4.90 Å². The fourth-order valence-corrected chi connectivity index (χ4v) is 1.90. The Morgan fingerprint density at radius 3 is 2.50 bits per heavy atom. The van der Waals surface area contributed by atoms with E-state index in [4.69, 9.17) is 16.2 Å². The lowest BCUT2D eigenvalue weighted by Crippen LogP contribution is -2.34. The molecular formula is C12H25N3O. The highest BCUT2D eigenvalue weighted by atomic mass is 16.3. The quantitative estimate of drug-likeness (QED) is 0.431. The molecule has 4 nitrogen and oxygen atoms in total. The van der Waals surface area contributed by atoms with Gasteiger partial charge >= 0.3 is 0 Å². The monoisotopic (exact) mass is 227 g/mol. The van der Waals surface area contributed by atoms with Crippen LogP contribution < -0.4 is 5.73 Å². The summed E-state index contributed by atoms with van der Waals surface area (Å²) in [5.41, 5.74) is 5.36. The summed E-state index contributed by atoms with van der Waals surface area (Å²) in [5, 5.41) is 16.4. The number of hydrogen-bond donors (Lipinski definition) is 3. The average molecular weight is 227 g/mol. The lowest BCUT2D eigenvalue weighted by atomic mass is 9.86. The normalized spacial score (nSPS) is 16.8. The van der Waals surface area contributed by atoms with Crippen LogP contribution in [-0.4, -0.2) is 41.6 Å². The highest BCUT2D eigenvalue weighted by Crippen LogP contribution is 2.28. The number of nitrogens with two attached hydrogens (primary N) is 1. The Labute approximate surface area is 98.3 Å². The Kier molecular flexibility index (Phi) is 4.74. The van der Waals surface area contributed by atoms with Gasteiger partial charge in [0.2, 0.25) is 0 Å². The van der Waals surface area contributed by atoms with Crippen molar-refractivity contribution in [2.75, 3.05) is 19.7 Å². The van der Waals surface area contributed by atoms with Gasteiger partial charge < -0.3 is 10.8 Å². The minimum absolute atomic E-state index is 0.186. The molecule has 0 saturated heterocycles. The van der Waals surface area contributed by atoms with E-state index in [0.29, 0.717) is 6.04 Å². The summed E-state index contributed by atoms with van der Waals surface area (Å²) in [7, 11) is 0. The Balaban J connectivity index is 2.24. The van der Waals surface area contributed by atoms with Gasteiger partial charge in [-0.3, -0.25) is 10.3 Å². The third kappa shape index (κ3) is 4.10. The molecule has 4 N–H and O–H groups in total. The first-order chi connectivity index (χ1) is 7.47. The van der Waals surface area contributed by atoms with E-state index in [1.807, 2.05) is 13.8 Å². The van der Waals surface area contributed by atoms with Crippen molar-refractivity contribution in [2.45, 2.75) is 45.6 Å². The first-order valence-corrected chi connectivity index (χ1v) is 6.17. The summed E-state index contributed by atoms with van der Waals surface area (Å²) in [6, 6.07) is 0.701. The summed E-state index contributed by atoms with van der Waals surface area (Å²) in [6.07, 6.45) is 4.53. The van der Waals surface area contributed by atoms with Crippen LogP contribution in [0.4, 0.5) is 0 Å². The first kappa shape index (κ1) is 13.5. The lowest BCUT2D eigenvalue weighted by molar-refractivity contribution is 0.183. The van der Waals surface area contributed by atoms with Gasteiger partial charge in [-0.25, -0.2) is 0 Å². The fourth-order valence-electron chi connectivity index (χ4n) is 1.90. The molecule has 0 amide bonds. The highest BCUT2D eigenvalue weighted by Gasteiger charge is 2.29. The van der Waals surface area contributed by atoms with Crippen LogP contribution in [0.3, 0.4) is 0 Å². The molecule has 0 aliphatic heterocycles. The lowest BCUT2D eigenvalue weighted by Gasteiger charge is -2.26. The number of rotatable bonds is 8. The van der Waals surface area contributed by atoms with Crippen molar-refractivity contribution in [3.8, 4) is 0 Å². The molecule has 1 saturated carbocycles. The summed E-state index contributed by atoms with van der Waals surface area (Å²) in [5.74, 6) is 0.271. The summed E-state index contributed by atoms with van der Waals surface area (Å²) >= 11 is 0. The predicted molar refractivity (Wildman–Crippen MR) is 66.6 cm³/mol. The third-order valence-corrected chi connectivity index (χ3v) is 3.43. The molecule has 0 heterocycles. The van der Waals surface area contributed by atoms with Crippen LogP contribution in [0.25, 0.3) is 0 Å². The second kappa shape index (κ2) is 5.64. The van der Waals surface area contributed by atoms with E-state index < -0.39 is 0 Å². The topological polar surface area (TPSA) is 73.3 Å². The molecule has 0 aromatic carbocycles. The van der Waals surface area contributed by atoms with E-state index in [1.54, 1.807) is 0 Å². The van der Waals surface area contributed by atoms with E-state index in [-0.39, 0.29) is 17.9 Å². The molecule has 1 rings (SSSR count). The number of aliphatic hydroxyl groups excluding tert-OH is 1. The summed E-state index contributed by atoms with van der Waals surface area (Å²) < 4.78 is 0. The standard InChI is InChI=1S/C12H25N3O/c1-12(2,11(13)14)6-3-7-15(8-9-16)10-4-5-10/h10,16H,3-9H2,1-2H3,(H3,13,14). The van der Waals surface area contributed by atoms with E-state index in [2.05, 4.69) is 4.90 Å². The molecule has 0 unspecified atom stereocenters. The number of hydrogen-bond acceptors (Lipinski definition) is 3. The molecular weight excluding hydrogens is 202 g/mol. The summed E-state index contributed by atoms with van der Waals surface area (Å²) in [4.78, 5) is 2.36. The maximum Gasteiger partial charge on any atom is 0.0963 e. The number of nitrogens with one attached hydrogen (secondary N) is 1. The zero-order valence-corrected chi connectivity index (χ0v) is 10.5. The largest absolute Gasteiger partial charge is 0.395 e. The zero-order chi connectivity index (χ0) is 12.2. The zero-order valence-electron chi connectivity index (χ0n) is 10.5. The molecule has 0 atom stereocenters. The van der Waals surface area contributed by atoms with Crippen LogP contribution >= 0.6 is 0 Å². The minimum atomic E-state index is -0.186. The highest BCUT2D eigenvalue weighted by molar-refractivity contribution is 5.82. The number of amidine groups is 1. The van der Waals surface area contributed by atoms with Crippen molar-refractivity contribution in [1.29, 1.82) is 5.41 Å². The molecule has 1 aliphatic rings. The van der Waals surface area contributed by atoms with Gasteiger partial charge in [0.15, 0.2) is 0 Å². The molecule has 0 radical (unpaired) electrons. The molecule has 0 bridgehead atoms. The Bertz CT molecular complexity index is 236. The van der Waals surface area contributed by atoms with Gasteiger partial charge in [0, 0.05) is 18.0 Å². The van der Waals surface area contributed by atoms with Crippen LogP contribution in [0.1, 0.15) is 39.5 Å². The molecule has 4 heteroatoms. The van der Waals surface area contributed by atoms with Gasteiger partial charge in [-0.15, -0.1) is 0 Å². The molecule has 94 valence electrons. The van der Waals surface area contributed by atoms with Gasteiger partial charge in [-0.05, 0) is 32.2 Å². The smallest absolute Gasteiger partial charge is 0.0963 e. The van der Waals surface area contributed by atoms with Crippen LogP contribution in [0.2, 0.25) is 0 Å². The third-order valence-electron chi connectivity index (χ3n) is 3.43. The van der Waals surface area contributed by atoms with Gasteiger partial charge in [0.25, 0.3) is 0 Å². The number of aliphatic hydroxyl groups is 1. The van der Waals surface area contributed by atoms with Crippen LogP contribution in [0.15, 0.2) is 0 Å². The second-order valence-corrected chi connectivity index (χ2v) is 5.39. The van der Waals surface area contributed by atoms with E-state index in [1.165, 1.54) is 12.8 Å². The van der Waals surface area contributed by atoms with Crippen molar-refractivity contribution in [2.24, 2.45) is 11.1 Å². The van der Waals surface area contributed by atoms with Gasteiger partial charge in [0.05, 0.1) is 12.4 Å². The SMILES string of the molecule is CC(C)(CCCN(CCO)C1CC1)C(=N)N. The van der Waals surface area contributed by atoms with Crippen molar-refractivity contribution >= 4 is 5.84 Å².